The lowest BCUT2D eigenvalue weighted by Crippen LogP contribution is -2.45. The van der Waals surface area contributed by atoms with Crippen LogP contribution >= 0.6 is 7.60 Å². The first-order valence-electron chi connectivity index (χ1n) is 16.8. The Labute approximate surface area is 285 Å². The van der Waals surface area contributed by atoms with Crippen LogP contribution in [0.3, 0.4) is 0 Å². The molecule has 0 radical (unpaired) electrons. The van der Waals surface area contributed by atoms with Gasteiger partial charge >= 0.3 is 13.7 Å². The molecule has 0 saturated carbocycles. The van der Waals surface area contributed by atoms with E-state index in [9.17, 15) is 14.5 Å². The first-order valence-corrected chi connectivity index (χ1v) is 21.4. The molecule has 1 aromatic heterocycles. The van der Waals surface area contributed by atoms with Crippen molar-refractivity contribution in [2.24, 2.45) is 4.99 Å². The number of carbonyl (C=O) groups excluding carboxylic acids is 1. The predicted molar refractivity (Wildman–Crippen MR) is 180 cm³/mol. The Balaban J connectivity index is 1.69. The van der Waals surface area contributed by atoms with Crippen LogP contribution in [-0.2, 0) is 41.7 Å². The van der Waals surface area contributed by atoms with Gasteiger partial charge in [-0.15, -0.1) is 0 Å². The molecule has 0 aromatic carbocycles. The SMILES string of the molecule is CCOP(=O)(CO[C@H]1O[C@@H](n2cnc3c2N=CN(C(=O)OC(C)(C)C)C[C@H]3O[Si](C)(C)C(C)(C)C)[C@H](O)[C@@H]1OC1CCCCO1)OCC. The molecule has 15 nitrogen and oxygen atoms in total. The average molecular weight is 719 g/mol. The van der Waals surface area contributed by atoms with Crippen LogP contribution in [0.15, 0.2) is 11.3 Å². The topological polar surface area (TPSA) is 162 Å². The van der Waals surface area contributed by atoms with Gasteiger partial charge in [-0.2, -0.15) is 0 Å². The highest BCUT2D eigenvalue weighted by atomic mass is 31.2. The van der Waals surface area contributed by atoms with E-state index in [0.29, 0.717) is 24.5 Å². The zero-order chi connectivity index (χ0) is 35.5. The smallest absolute Gasteiger partial charge is 0.415 e. The zero-order valence-corrected chi connectivity index (χ0v) is 31.9. The first-order chi connectivity index (χ1) is 22.4. The summed E-state index contributed by atoms with van der Waals surface area (Å²) in [7, 11) is -6.00. The zero-order valence-electron chi connectivity index (χ0n) is 30.0. The van der Waals surface area contributed by atoms with Crippen molar-refractivity contribution < 1.29 is 51.6 Å². The second-order valence-corrected chi connectivity index (χ2v) is 21.4. The molecule has 48 heavy (non-hydrogen) atoms. The van der Waals surface area contributed by atoms with Crippen molar-refractivity contribution in [3.63, 3.8) is 0 Å². The molecular weight excluding hydrogens is 663 g/mol. The van der Waals surface area contributed by atoms with Gasteiger partial charge in [0.1, 0.15) is 35.9 Å². The molecule has 274 valence electrons. The maximum absolute atomic E-state index is 13.2. The Morgan fingerprint density at radius 1 is 1.12 bits per heavy atom. The third kappa shape index (κ3) is 9.53. The van der Waals surface area contributed by atoms with E-state index in [0.717, 1.165) is 12.8 Å². The third-order valence-corrected chi connectivity index (χ3v) is 14.8. The van der Waals surface area contributed by atoms with E-state index in [1.54, 1.807) is 39.2 Å². The molecule has 0 aliphatic carbocycles. The van der Waals surface area contributed by atoms with Crippen LogP contribution in [0, 0.1) is 0 Å². The van der Waals surface area contributed by atoms with E-state index < -0.39 is 71.1 Å². The maximum Gasteiger partial charge on any atom is 0.415 e. The number of nitrogens with zero attached hydrogens (tertiary/aromatic N) is 4. The van der Waals surface area contributed by atoms with Gasteiger partial charge in [-0.25, -0.2) is 14.8 Å². The molecule has 2 saturated heterocycles. The highest BCUT2D eigenvalue weighted by Gasteiger charge is 2.50. The summed E-state index contributed by atoms with van der Waals surface area (Å²) in [5, 5.41) is 11.6. The lowest BCUT2D eigenvalue weighted by molar-refractivity contribution is -0.241. The molecule has 2 fully saturated rings. The third-order valence-electron chi connectivity index (χ3n) is 8.59. The van der Waals surface area contributed by atoms with E-state index in [4.69, 9.17) is 42.1 Å². The van der Waals surface area contributed by atoms with E-state index in [1.165, 1.54) is 17.6 Å². The van der Waals surface area contributed by atoms with Gasteiger partial charge in [0.2, 0.25) is 0 Å². The molecule has 0 bridgehead atoms. The van der Waals surface area contributed by atoms with E-state index in [1.807, 2.05) is 0 Å². The van der Waals surface area contributed by atoms with Crippen molar-refractivity contribution >= 4 is 34.2 Å². The second kappa shape index (κ2) is 15.7. The lowest BCUT2D eigenvalue weighted by atomic mass is 10.1. The van der Waals surface area contributed by atoms with Gasteiger partial charge in [-0.05, 0) is 72.0 Å². The summed E-state index contributed by atoms with van der Waals surface area (Å²) in [6, 6.07) is 0. The first kappa shape index (κ1) is 39.1. The summed E-state index contributed by atoms with van der Waals surface area (Å²) < 4.78 is 62.4. The number of aliphatic hydroxyl groups excluding tert-OH is 1. The fourth-order valence-corrected chi connectivity index (χ4v) is 7.80. The number of carbonyl (C=O) groups is 1. The molecule has 4 heterocycles. The minimum absolute atomic E-state index is 0.115. The van der Waals surface area contributed by atoms with Crippen molar-refractivity contribution in [3.8, 4) is 0 Å². The van der Waals surface area contributed by atoms with Crippen LogP contribution in [0.1, 0.15) is 92.7 Å². The number of imidazole rings is 1. The van der Waals surface area contributed by atoms with Gasteiger partial charge in [0.05, 0.1) is 26.1 Å². The monoisotopic (exact) mass is 718 g/mol. The van der Waals surface area contributed by atoms with Gasteiger partial charge in [-0.3, -0.25) is 14.0 Å². The Morgan fingerprint density at radius 3 is 2.40 bits per heavy atom. The van der Waals surface area contributed by atoms with E-state index in [2.05, 4.69) is 38.9 Å². The molecule has 1 unspecified atom stereocenters. The molecule has 1 N–H and O–H groups in total. The van der Waals surface area contributed by atoms with E-state index >= 15 is 0 Å². The highest BCUT2D eigenvalue weighted by Crippen LogP contribution is 2.49. The maximum atomic E-state index is 13.2. The van der Waals surface area contributed by atoms with Gasteiger partial charge in [0, 0.05) is 6.61 Å². The van der Waals surface area contributed by atoms with Gasteiger partial charge in [0.15, 0.2) is 39.3 Å². The molecule has 4 rings (SSSR count). The Bertz CT molecular complexity index is 1300. The van der Waals surface area contributed by atoms with Crippen LogP contribution in [0.4, 0.5) is 10.6 Å². The summed E-state index contributed by atoms with van der Waals surface area (Å²) in [5.41, 5.74) is -0.247. The van der Waals surface area contributed by atoms with Gasteiger partial charge < -0.3 is 42.3 Å². The quantitative estimate of drug-likeness (QED) is 0.192. The Hall–Kier alpha value is -1.72. The Kier molecular flexibility index (Phi) is 12.7. The molecule has 17 heteroatoms. The number of aliphatic hydroxyl groups is 1. The molecule has 6 atom stereocenters. The van der Waals surface area contributed by atoms with Crippen LogP contribution in [0.5, 0.6) is 0 Å². The van der Waals surface area contributed by atoms with Crippen molar-refractivity contribution in [1.82, 2.24) is 14.5 Å². The molecule has 3 aliphatic heterocycles. The number of ether oxygens (including phenoxy) is 5. The van der Waals surface area contributed by atoms with Crippen molar-refractivity contribution in [1.29, 1.82) is 0 Å². The number of amides is 1. The number of aliphatic imine (C=N–C) groups is 1. The highest BCUT2D eigenvalue weighted by molar-refractivity contribution is 7.53. The van der Waals surface area contributed by atoms with E-state index in [-0.39, 0.29) is 24.8 Å². The molecule has 0 spiro atoms. The second-order valence-electron chi connectivity index (χ2n) is 14.6. The average Bonchev–Trinajstić information content (AvgIpc) is 3.47. The van der Waals surface area contributed by atoms with Gasteiger partial charge in [0.25, 0.3) is 0 Å². The van der Waals surface area contributed by atoms with Crippen LogP contribution in [0.25, 0.3) is 0 Å². The number of hydrogen-bond donors (Lipinski definition) is 1. The largest absolute Gasteiger partial charge is 0.443 e. The lowest BCUT2D eigenvalue weighted by Gasteiger charge is -2.39. The molecule has 1 amide bonds. The van der Waals surface area contributed by atoms with Crippen molar-refractivity contribution in [3.05, 3.63) is 12.0 Å². The van der Waals surface area contributed by atoms with Gasteiger partial charge in [-0.1, -0.05) is 20.8 Å². The standard InChI is InChI=1S/C31H55N4O11PSi/c1-11-41-47(38,42-12-2)20-40-28-25(43-22-15-13-14-16-39-22)24(36)27(44-28)35-19-32-23-21(46-48(9,10)31(6,7)8)17-34(18-33-26(23)35)29(37)45-30(3,4)5/h18-19,21-22,24-25,27-28,36H,11-17,20H2,1-10H3/t21-,22?,24-,25+,27-,28+/m1/s1. The van der Waals surface area contributed by atoms with Crippen LogP contribution in [-0.4, -0.2) is 103 Å². The predicted octanol–water partition coefficient (Wildman–Crippen LogP) is 6.22. The van der Waals surface area contributed by atoms with Crippen LogP contribution in [0.2, 0.25) is 18.1 Å². The number of hydrogen-bond acceptors (Lipinski definition) is 13. The fourth-order valence-electron chi connectivity index (χ4n) is 5.21. The fraction of sp³-hybridized carbons (Fsp3) is 0.839. The van der Waals surface area contributed by atoms with Crippen LogP contribution < -0.4 is 0 Å². The normalized spacial score (nSPS) is 27.2. The number of aromatic nitrogens is 2. The summed E-state index contributed by atoms with van der Waals surface area (Å²) in [6.07, 6.45) is -1.45. The molecular formula is C31H55N4O11PSi. The summed E-state index contributed by atoms with van der Waals surface area (Å²) in [5.74, 6) is 0.330. The molecule has 1 aromatic rings. The number of fused-ring (bicyclic) bond motifs is 1. The summed E-state index contributed by atoms with van der Waals surface area (Å²) >= 11 is 0. The minimum atomic E-state index is -3.61. The van der Waals surface area contributed by atoms with Crippen molar-refractivity contribution in [2.75, 3.05) is 32.7 Å². The Morgan fingerprint density at radius 2 is 1.81 bits per heavy atom. The molecule has 3 aliphatic rings. The number of rotatable bonds is 12. The van der Waals surface area contributed by atoms with Crippen molar-refractivity contribution in [2.45, 2.75) is 136 Å². The minimum Gasteiger partial charge on any atom is -0.443 e. The summed E-state index contributed by atoms with van der Waals surface area (Å²) in [6.45, 7) is 20.4. The summed E-state index contributed by atoms with van der Waals surface area (Å²) in [4.78, 5) is 24.0.